The molecule has 0 spiro atoms. The highest BCUT2D eigenvalue weighted by Crippen LogP contribution is 2.40. The fourth-order valence-electron chi connectivity index (χ4n) is 5.93. The summed E-state index contributed by atoms with van der Waals surface area (Å²) in [6.45, 7) is 0. The molecule has 3 heteroatoms. The van der Waals surface area contributed by atoms with Gasteiger partial charge >= 0.3 is 0 Å². The van der Waals surface area contributed by atoms with Gasteiger partial charge in [0.15, 0.2) is 17.5 Å². The van der Waals surface area contributed by atoms with Gasteiger partial charge in [-0.1, -0.05) is 152 Å². The van der Waals surface area contributed by atoms with E-state index < -0.39 is 0 Å². The SMILES string of the molecule is c1ccc(-c2ccc(-c3nc(-c4ccccc4)nc(-c4cccc5c6ccccc6c6ccccc6c45)n3)cc2)cc1. The van der Waals surface area contributed by atoms with Gasteiger partial charge in [0.2, 0.25) is 0 Å². The van der Waals surface area contributed by atoms with Crippen LogP contribution in [0, 0.1) is 0 Å². The van der Waals surface area contributed by atoms with Crippen LogP contribution in [0.15, 0.2) is 152 Å². The van der Waals surface area contributed by atoms with Crippen molar-refractivity contribution in [1.29, 1.82) is 0 Å². The van der Waals surface area contributed by atoms with E-state index in [-0.39, 0.29) is 0 Å². The van der Waals surface area contributed by atoms with Crippen LogP contribution in [0.4, 0.5) is 0 Å². The Labute approximate surface area is 243 Å². The number of benzene rings is 7. The maximum atomic E-state index is 5.12. The highest BCUT2D eigenvalue weighted by atomic mass is 15.0. The topological polar surface area (TPSA) is 38.7 Å². The molecule has 42 heavy (non-hydrogen) atoms. The Bertz CT molecular complexity index is 2180. The van der Waals surface area contributed by atoms with Crippen LogP contribution in [0.1, 0.15) is 0 Å². The van der Waals surface area contributed by atoms with Gasteiger partial charge in [0, 0.05) is 22.1 Å². The molecule has 7 aromatic carbocycles. The molecule has 0 unspecified atom stereocenters. The van der Waals surface area contributed by atoms with E-state index in [1.165, 1.54) is 32.5 Å². The lowest BCUT2D eigenvalue weighted by atomic mass is 9.91. The first-order valence-electron chi connectivity index (χ1n) is 14.1. The highest BCUT2D eigenvalue weighted by Gasteiger charge is 2.17. The minimum absolute atomic E-state index is 0.653. The zero-order chi connectivity index (χ0) is 27.9. The van der Waals surface area contributed by atoms with Crippen molar-refractivity contribution in [1.82, 2.24) is 15.0 Å². The lowest BCUT2D eigenvalue weighted by molar-refractivity contribution is 1.08. The monoisotopic (exact) mass is 535 g/mol. The Morgan fingerprint density at radius 3 is 1.24 bits per heavy atom. The van der Waals surface area contributed by atoms with Gasteiger partial charge in [0.25, 0.3) is 0 Å². The summed E-state index contributed by atoms with van der Waals surface area (Å²) >= 11 is 0. The van der Waals surface area contributed by atoms with E-state index in [1.54, 1.807) is 0 Å². The molecular formula is C39H25N3. The first-order chi connectivity index (χ1) is 20.8. The van der Waals surface area contributed by atoms with Gasteiger partial charge in [-0.3, -0.25) is 0 Å². The molecular weight excluding hydrogens is 510 g/mol. The first kappa shape index (κ1) is 24.2. The van der Waals surface area contributed by atoms with Gasteiger partial charge in [-0.25, -0.2) is 15.0 Å². The van der Waals surface area contributed by atoms with E-state index in [0.29, 0.717) is 17.5 Å². The summed E-state index contributed by atoms with van der Waals surface area (Å²) in [6, 6.07) is 52.7. The van der Waals surface area contributed by atoms with Crippen LogP contribution in [0.5, 0.6) is 0 Å². The Balaban J connectivity index is 1.38. The van der Waals surface area contributed by atoms with Crippen molar-refractivity contribution in [2.24, 2.45) is 0 Å². The van der Waals surface area contributed by atoms with E-state index in [0.717, 1.165) is 27.6 Å². The molecule has 0 atom stereocenters. The average molecular weight is 536 g/mol. The van der Waals surface area contributed by atoms with E-state index in [4.69, 9.17) is 15.0 Å². The van der Waals surface area contributed by atoms with E-state index in [1.807, 2.05) is 36.4 Å². The number of aromatic nitrogens is 3. The summed E-state index contributed by atoms with van der Waals surface area (Å²) in [7, 11) is 0. The average Bonchev–Trinajstić information content (AvgIpc) is 3.09. The Kier molecular flexibility index (Phi) is 5.79. The fourth-order valence-corrected chi connectivity index (χ4v) is 5.93. The number of rotatable bonds is 4. The lowest BCUT2D eigenvalue weighted by Crippen LogP contribution is -2.01. The lowest BCUT2D eigenvalue weighted by Gasteiger charge is -2.14. The second-order valence-corrected chi connectivity index (χ2v) is 10.4. The van der Waals surface area contributed by atoms with Crippen LogP contribution < -0.4 is 0 Å². The quantitative estimate of drug-likeness (QED) is 0.211. The zero-order valence-electron chi connectivity index (χ0n) is 22.8. The number of fused-ring (bicyclic) bond motifs is 6. The summed E-state index contributed by atoms with van der Waals surface area (Å²) < 4.78 is 0. The molecule has 3 nitrogen and oxygen atoms in total. The van der Waals surface area contributed by atoms with E-state index in [2.05, 4.69) is 115 Å². The molecule has 1 aromatic heterocycles. The van der Waals surface area contributed by atoms with Crippen molar-refractivity contribution >= 4 is 32.3 Å². The van der Waals surface area contributed by atoms with Crippen molar-refractivity contribution in [2.45, 2.75) is 0 Å². The third-order valence-electron chi connectivity index (χ3n) is 7.93. The van der Waals surface area contributed by atoms with E-state index >= 15 is 0 Å². The number of hydrogen-bond donors (Lipinski definition) is 0. The van der Waals surface area contributed by atoms with Crippen LogP contribution in [0.25, 0.3) is 77.6 Å². The Morgan fingerprint density at radius 1 is 0.262 bits per heavy atom. The van der Waals surface area contributed by atoms with Crippen LogP contribution >= 0.6 is 0 Å². The van der Waals surface area contributed by atoms with Crippen molar-refractivity contribution in [3.63, 3.8) is 0 Å². The first-order valence-corrected chi connectivity index (χ1v) is 14.1. The Morgan fingerprint density at radius 2 is 0.643 bits per heavy atom. The van der Waals surface area contributed by atoms with Gasteiger partial charge in [-0.2, -0.15) is 0 Å². The molecule has 0 radical (unpaired) electrons. The van der Waals surface area contributed by atoms with Crippen molar-refractivity contribution in [3.05, 3.63) is 152 Å². The molecule has 0 fully saturated rings. The summed E-state index contributed by atoms with van der Waals surface area (Å²) in [4.78, 5) is 15.2. The minimum atomic E-state index is 0.653. The molecule has 0 N–H and O–H groups in total. The van der Waals surface area contributed by atoms with Gasteiger partial charge in [-0.15, -0.1) is 0 Å². The second-order valence-electron chi connectivity index (χ2n) is 10.4. The molecule has 0 aliphatic rings. The van der Waals surface area contributed by atoms with Crippen LogP contribution in [-0.2, 0) is 0 Å². The molecule has 0 saturated carbocycles. The van der Waals surface area contributed by atoms with Crippen molar-refractivity contribution in [3.8, 4) is 45.3 Å². The number of nitrogens with zero attached hydrogens (tertiary/aromatic N) is 3. The normalized spacial score (nSPS) is 11.3. The predicted molar refractivity (Wildman–Crippen MR) is 174 cm³/mol. The van der Waals surface area contributed by atoms with Gasteiger partial charge in [0.1, 0.15) is 0 Å². The standard InChI is InChI=1S/C39H25N3/c1-3-12-26(13-4-1)27-22-24-29(25-23-27)38-40-37(28-14-5-2-6-15-28)41-39(42-38)35-21-11-20-34-32-17-8-7-16-30(32)31-18-9-10-19-33(31)36(34)35/h1-25H. The van der Waals surface area contributed by atoms with Crippen LogP contribution in [0.2, 0.25) is 0 Å². The van der Waals surface area contributed by atoms with Gasteiger partial charge in [0.05, 0.1) is 0 Å². The van der Waals surface area contributed by atoms with Crippen molar-refractivity contribution < 1.29 is 0 Å². The predicted octanol–water partition coefficient (Wildman–Crippen LogP) is 10.00. The molecule has 1 heterocycles. The van der Waals surface area contributed by atoms with Crippen LogP contribution in [-0.4, -0.2) is 15.0 Å². The third-order valence-corrected chi connectivity index (χ3v) is 7.93. The van der Waals surface area contributed by atoms with Crippen molar-refractivity contribution in [2.75, 3.05) is 0 Å². The van der Waals surface area contributed by atoms with E-state index in [9.17, 15) is 0 Å². The smallest absolute Gasteiger partial charge is 0.164 e. The van der Waals surface area contributed by atoms with Gasteiger partial charge in [-0.05, 0) is 38.1 Å². The molecule has 0 aliphatic carbocycles. The maximum absolute atomic E-state index is 5.12. The fraction of sp³-hybridized carbons (Fsp3) is 0. The zero-order valence-corrected chi connectivity index (χ0v) is 22.8. The second kappa shape index (κ2) is 10.1. The summed E-state index contributed by atoms with van der Waals surface area (Å²) in [5.41, 5.74) is 5.24. The molecule has 0 bridgehead atoms. The summed E-state index contributed by atoms with van der Waals surface area (Å²) in [5, 5.41) is 7.23. The highest BCUT2D eigenvalue weighted by molar-refractivity contribution is 6.28. The molecule has 0 aliphatic heterocycles. The molecule has 196 valence electrons. The summed E-state index contributed by atoms with van der Waals surface area (Å²) in [6.07, 6.45) is 0. The Hall–Kier alpha value is -5.67. The maximum Gasteiger partial charge on any atom is 0.164 e. The molecule has 0 saturated heterocycles. The largest absolute Gasteiger partial charge is 0.208 e. The molecule has 8 aromatic rings. The minimum Gasteiger partial charge on any atom is -0.208 e. The summed E-state index contributed by atoms with van der Waals surface area (Å²) in [5.74, 6) is 1.97. The molecule has 8 rings (SSSR count). The van der Waals surface area contributed by atoms with Gasteiger partial charge < -0.3 is 0 Å². The number of hydrogen-bond acceptors (Lipinski definition) is 3. The van der Waals surface area contributed by atoms with Crippen LogP contribution in [0.3, 0.4) is 0 Å². The third kappa shape index (κ3) is 4.11. The molecule has 0 amide bonds.